The van der Waals surface area contributed by atoms with E-state index in [0.29, 0.717) is 64.5 Å². The van der Waals surface area contributed by atoms with E-state index in [4.69, 9.17) is 14.2 Å². The maximum Gasteiger partial charge on any atom is 0.330 e. The van der Waals surface area contributed by atoms with Crippen LogP contribution in [-0.4, -0.2) is 62.3 Å². The fourth-order valence-corrected chi connectivity index (χ4v) is 6.17. The first-order valence-electron chi connectivity index (χ1n) is 14.7. The number of ether oxygens (including phenoxy) is 3. The Morgan fingerprint density at radius 1 is 1.00 bits per heavy atom. The molecule has 2 amide bonds. The zero-order chi connectivity index (χ0) is 33.4. The number of aryl methyl sites for hydroxylation is 1. The van der Waals surface area contributed by atoms with Crippen LogP contribution in [0.5, 0.6) is 17.2 Å². The Morgan fingerprint density at radius 3 is 2.33 bits per heavy atom. The second-order valence-corrected chi connectivity index (χ2v) is 11.8. The molecule has 244 valence electrons. The number of aliphatic carboxylic acids is 1. The van der Waals surface area contributed by atoms with Crippen LogP contribution >= 0.6 is 11.8 Å². The summed E-state index contributed by atoms with van der Waals surface area (Å²) in [7, 11) is 4.58. The van der Waals surface area contributed by atoms with E-state index in [1.807, 2.05) is 12.3 Å². The lowest BCUT2D eigenvalue weighted by atomic mass is 9.95. The number of anilines is 1. The first-order chi connectivity index (χ1) is 22.1. The van der Waals surface area contributed by atoms with Crippen molar-refractivity contribution in [1.29, 1.82) is 0 Å². The van der Waals surface area contributed by atoms with E-state index in [1.165, 1.54) is 46.1 Å². The van der Waals surface area contributed by atoms with Crippen LogP contribution in [0, 0.1) is 0 Å². The van der Waals surface area contributed by atoms with Gasteiger partial charge in [0.1, 0.15) is 6.04 Å². The molecule has 0 bridgehead atoms. The number of carboxylic acids is 1. The molecule has 11 nitrogen and oxygen atoms in total. The Kier molecular flexibility index (Phi) is 11.5. The molecule has 0 saturated heterocycles. The summed E-state index contributed by atoms with van der Waals surface area (Å²) in [5.41, 5.74) is 2.98. The third-order valence-corrected chi connectivity index (χ3v) is 8.48. The molecule has 0 saturated carbocycles. The molecule has 3 aromatic carbocycles. The highest BCUT2D eigenvalue weighted by molar-refractivity contribution is 7.98. The Morgan fingerprint density at radius 2 is 1.72 bits per heavy atom. The number of carbonyl (C=O) groups excluding carboxylic acids is 2. The highest BCUT2D eigenvalue weighted by atomic mass is 32.2. The molecular weight excluding hydrogens is 610 g/mol. The Balaban J connectivity index is 1.82. The molecule has 0 radical (unpaired) electrons. The molecule has 46 heavy (non-hydrogen) atoms. The molecule has 0 heterocycles. The summed E-state index contributed by atoms with van der Waals surface area (Å²) < 4.78 is 17.1. The fraction of sp³-hybridized carbons (Fsp3) is 0.353. The molecule has 0 aromatic heterocycles. The molecule has 3 aromatic rings. The van der Waals surface area contributed by atoms with Gasteiger partial charge in [-0.3, -0.25) is 14.4 Å². The summed E-state index contributed by atoms with van der Waals surface area (Å²) in [4.78, 5) is 51.7. The normalized spacial score (nSPS) is 14.8. The third-order valence-electron chi connectivity index (χ3n) is 7.84. The number of amides is 2. The number of hydrogen-bond donors (Lipinski definition) is 4. The Labute approximate surface area is 272 Å². The predicted octanol–water partition coefficient (Wildman–Crippen LogP) is 4.34. The van der Waals surface area contributed by atoms with E-state index in [1.54, 1.807) is 42.5 Å². The fourth-order valence-electron chi connectivity index (χ4n) is 5.70. The second kappa shape index (κ2) is 15.5. The van der Waals surface area contributed by atoms with Crippen molar-refractivity contribution in [2.75, 3.05) is 38.7 Å². The Bertz CT molecular complexity index is 1650. The largest absolute Gasteiger partial charge is 0.493 e. The van der Waals surface area contributed by atoms with Crippen LogP contribution in [0.4, 0.5) is 5.69 Å². The van der Waals surface area contributed by atoms with E-state index in [-0.39, 0.29) is 11.6 Å². The van der Waals surface area contributed by atoms with Gasteiger partial charge in [-0.25, -0.2) is 4.79 Å². The third kappa shape index (κ3) is 7.56. The maximum atomic E-state index is 13.8. The van der Waals surface area contributed by atoms with Gasteiger partial charge in [0.2, 0.25) is 23.0 Å². The van der Waals surface area contributed by atoms with Crippen molar-refractivity contribution in [3.05, 3.63) is 81.5 Å². The molecule has 0 fully saturated rings. The summed E-state index contributed by atoms with van der Waals surface area (Å²) in [6, 6.07) is 12.5. The van der Waals surface area contributed by atoms with Crippen LogP contribution in [0.25, 0.3) is 11.1 Å². The van der Waals surface area contributed by atoms with Crippen molar-refractivity contribution in [3.8, 4) is 28.4 Å². The lowest BCUT2D eigenvalue weighted by molar-refractivity contribution is -0.142. The lowest BCUT2D eigenvalue weighted by Crippen LogP contribution is -2.44. The van der Waals surface area contributed by atoms with Crippen LogP contribution in [0.15, 0.2) is 59.4 Å². The smallest absolute Gasteiger partial charge is 0.330 e. The minimum Gasteiger partial charge on any atom is -0.493 e. The average molecular weight is 650 g/mol. The van der Waals surface area contributed by atoms with E-state index in [2.05, 4.69) is 16.0 Å². The van der Waals surface area contributed by atoms with Gasteiger partial charge in [0.05, 0.1) is 33.1 Å². The van der Waals surface area contributed by atoms with Crippen molar-refractivity contribution >= 4 is 35.2 Å². The summed E-state index contributed by atoms with van der Waals surface area (Å²) in [6.45, 7) is 1.42. The molecule has 1 aliphatic carbocycles. The second-order valence-electron chi connectivity index (χ2n) is 10.8. The molecule has 3 unspecified atom stereocenters. The highest BCUT2D eigenvalue weighted by Crippen LogP contribution is 2.50. The molecule has 4 N–H and O–H groups in total. The SMILES string of the molecule is COc1cc2c(c(OC)c1OC)-c1ccc(NC(CCSC)C(=O)NC(C(=O)O)c3ccccc3)c(=O)cc1C(NC(C)=O)CC2. The first kappa shape index (κ1) is 34.2. The van der Waals surface area contributed by atoms with Gasteiger partial charge in [-0.05, 0) is 71.7 Å². The van der Waals surface area contributed by atoms with Crippen molar-refractivity contribution in [3.63, 3.8) is 0 Å². The highest BCUT2D eigenvalue weighted by Gasteiger charge is 2.31. The first-order valence-corrected chi connectivity index (χ1v) is 16.1. The van der Waals surface area contributed by atoms with Crippen molar-refractivity contribution in [2.45, 2.75) is 44.3 Å². The monoisotopic (exact) mass is 649 g/mol. The zero-order valence-corrected chi connectivity index (χ0v) is 27.3. The minimum atomic E-state index is -1.27. The van der Waals surface area contributed by atoms with Crippen molar-refractivity contribution in [2.24, 2.45) is 0 Å². The lowest BCUT2D eigenvalue weighted by Gasteiger charge is -2.22. The molecule has 4 rings (SSSR count). The maximum absolute atomic E-state index is 13.8. The summed E-state index contributed by atoms with van der Waals surface area (Å²) in [5, 5.41) is 18.6. The summed E-state index contributed by atoms with van der Waals surface area (Å²) in [5.74, 6) is -0.130. The number of nitrogens with one attached hydrogen (secondary N) is 3. The van der Waals surface area contributed by atoms with Crippen LogP contribution in [0.2, 0.25) is 0 Å². The van der Waals surface area contributed by atoms with Crippen LogP contribution < -0.4 is 35.6 Å². The van der Waals surface area contributed by atoms with E-state index >= 15 is 0 Å². The number of thioether (sulfide) groups is 1. The van der Waals surface area contributed by atoms with Gasteiger partial charge in [0.25, 0.3) is 0 Å². The topological polar surface area (TPSA) is 152 Å². The van der Waals surface area contributed by atoms with Crippen LogP contribution in [0.1, 0.15) is 48.5 Å². The van der Waals surface area contributed by atoms with E-state index < -0.39 is 35.4 Å². The molecular formula is C34H39N3O8S. The van der Waals surface area contributed by atoms with Gasteiger partial charge in [0, 0.05) is 12.5 Å². The predicted molar refractivity (Wildman–Crippen MR) is 178 cm³/mol. The van der Waals surface area contributed by atoms with Gasteiger partial charge in [-0.1, -0.05) is 36.4 Å². The van der Waals surface area contributed by atoms with Gasteiger partial charge < -0.3 is 35.3 Å². The number of methoxy groups -OCH3 is 3. The number of rotatable bonds is 13. The van der Waals surface area contributed by atoms with Crippen molar-refractivity contribution in [1.82, 2.24) is 10.6 Å². The molecule has 0 aliphatic heterocycles. The number of hydrogen-bond acceptors (Lipinski definition) is 9. The summed E-state index contributed by atoms with van der Waals surface area (Å²) in [6.07, 6.45) is 3.28. The quantitative estimate of drug-likeness (QED) is 0.210. The molecule has 1 aliphatic rings. The number of benzene rings is 2. The minimum absolute atomic E-state index is 0.142. The van der Waals surface area contributed by atoms with E-state index in [0.717, 1.165) is 5.56 Å². The van der Waals surface area contributed by atoms with Gasteiger partial charge >= 0.3 is 5.97 Å². The van der Waals surface area contributed by atoms with Crippen LogP contribution in [0.3, 0.4) is 0 Å². The van der Waals surface area contributed by atoms with Crippen molar-refractivity contribution < 1.29 is 33.7 Å². The molecule has 0 spiro atoms. The van der Waals surface area contributed by atoms with Crippen LogP contribution in [-0.2, 0) is 20.8 Å². The van der Waals surface area contributed by atoms with Gasteiger partial charge in [-0.2, -0.15) is 11.8 Å². The molecule has 12 heteroatoms. The van der Waals surface area contributed by atoms with Gasteiger partial charge in [-0.15, -0.1) is 0 Å². The Hall–Kier alpha value is -4.71. The number of fused-ring (bicyclic) bond motifs is 3. The standard InChI is InChI=1S/C34H39N3O8S/c1-19(38)35-24-13-11-21-17-28(43-2)31(44-3)32(45-4)29(21)22-12-14-25(27(39)18-23(22)24)36-26(15-16-46-5)33(40)37-30(34(41)42)20-9-7-6-8-10-20/h6-10,12,14,17-18,24,26,30H,11,13,15-16H2,1-5H3,(H,35,38)(H,36,39)(H,37,40)(H,41,42). The average Bonchev–Trinajstić information content (AvgIpc) is 3.28. The summed E-state index contributed by atoms with van der Waals surface area (Å²) >= 11 is 1.52. The zero-order valence-electron chi connectivity index (χ0n) is 26.5. The van der Waals surface area contributed by atoms with Gasteiger partial charge in [0.15, 0.2) is 17.5 Å². The molecule has 3 atom stereocenters. The van der Waals surface area contributed by atoms with E-state index in [9.17, 15) is 24.3 Å². The number of carboxylic acid groups (broad SMARTS) is 1. The number of carbonyl (C=O) groups is 3.